The van der Waals surface area contributed by atoms with Crippen LogP contribution in [0.4, 0.5) is 14.5 Å². The highest BCUT2D eigenvalue weighted by Crippen LogP contribution is 2.52. The van der Waals surface area contributed by atoms with Gasteiger partial charge in [-0.25, -0.2) is 13.6 Å². The lowest BCUT2D eigenvalue weighted by Gasteiger charge is -2.43. The Kier molecular flexibility index (Phi) is 8.03. The fourth-order valence-corrected chi connectivity index (χ4v) is 6.48. The average Bonchev–Trinajstić information content (AvgIpc) is 3.49. The molecule has 3 atom stereocenters. The van der Waals surface area contributed by atoms with E-state index in [4.69, 9.17) is 15.2 Å². The molecule has 1 aromatic heterocycles. The van der Waals surface area contributed by atoms with E-state index in [0.29, 0.717) is 11.4 Å². The van der Waals surface area contributed by atoms with E-state index < -0.39 is 47.1 Å². The smallest absolute Gasteiger partial charge is 0.338 e. The molecule has 7 nitrogen and oxygen atoms in total. The van der Waals surface area contributed by atoms with Crippen molar-refractivity contribution in [3.63, 3.8) is 0 Å². The van der Waals surface area contributed by atoms with Crippen LogP contribution in [0.3, 0.4) is 0 Å². The van der Waals surface area contributed by atoms with Gasteiger partial charge in [0.15, 0.2) is 5.78 Å². The van der Waals surface area contributed by atoms with Crippen LogP contribution in [0.15, 0.2) is 88.7 Å². The van der Waals surface area contributed by atoms with Crippen molar-refractivity contribution in [1.82, 2.24) is 0 Å². The molecular formula is C31H28F2N2O5S. The molecule has 41 heavy (non-hydrogen) atoms. The molecule has 2 aliphatic rings. The van der Waals surface area contributed by atoms with Crippen LogP contribution in [0, 0.1) is 17.6 Å². The Morgan fingerprint density at radius 2 is 1.71 bits per heavy atom. The highest BCUT2D eigenvalue weighted by Gasteiger charge is 2.52. The highest BCUT2D eigenvalue weighted by atomic mass is 32.1. The standard InChI is InChI=1S/C31H28F2N2O5S/c1-3-39-30(37)25-20(23-10-7-15-41-23)16-22-26(28(25)36)24(19-8-5-6-9-21(19)33)27(31(38)40-4-2)29(34)35(22)18-13-11-17(32)12-14-18/h5-15,20,24-25H,3-4,16,34H2,1-2H3/t20-,24-,25-/m1/s1. The Balaban J connectivity index is 1.83. The molecule has 3 aromatic rings. The fraction of sp³-hybridized carbons (Fsp3) is 0.258. The first-order chi connectivity index (χ1) is 19.8. The Bertz CT molecular complexity index is 1550. The normalized spacial score (nSPS) is 20.6. The number of benzene rings is 2. The molecule has 0 radical (unpaired) electrons. The quantitative estimate of drug-likeness (QED) is 0.290. The van der Waals surface area contributed by atoms with Gasteiger partial charge in [-0.05, 0) is 62.0 Å². The van der Waals surface area contributed by atoms with E-state index >= 15 is 4.39 Å². The van der Waals surface area contributed by atoms with Gasteiger partial charge in [0.2, 0.25) is 0 Å². The van der Waals surface area contributed by atoms with E-state index in [1.54, 1.807) is 19.9 Å². The molecule has 0 spiro atoms. The number of rotatable bonds is 7. The Hall–Kier alpha value is -4.31. The van der Waals surface area contributed by atoms with Crippen LogP contribution in [0.25, 0.3) is 0 Å². The van der Waals surface area contributed by atoms with Crippen molar-refractivity contribution in [2.45, 2.75) is 32.1 Å². The number of esters is 2. The molecule has 2 heterocycles. The zero-order chi connectivity index (χ0) is 29.3. The monoisotopic (exact) mass is 578 g/mol. The largest absolute Gasteiger partial charge is 0.465 e. The summed E-state index contributed by atoms with van der Waals surface area (Å²) >= 11 is 1.39. The Morgan fingerprint density at radius 1 is 1.00 bits per heavy atom. The summed E-state index contributed by atoms with van der Waals surface area (Å²) < 4.78 is 40.1. The molecule has 1 aliphatic carbocycles. The third-order valence-corrected chi connectivity index (χ3v) is 8.29. The minimum atomic E-state index is -1.25. The summed E-state index contributed by atoms with van der Waals surface area (Å²) in [4.78, 5) is 43.7. The molecule has 10 heteroatoms. The Morgan fingerprint density at radius 3 is 2.34 bits per heavy atom. The summed E-state index contributed by atoms with van der Waals surface area (Å²) in [5.41, 5.74) is 7.42. The van der Waals surface area contributed by atoms with E-state index in [2.05, 4.69) is 0 Å². The number of carbonyl (C=O) groups is 3. The van der Waals surface area contributed by atoms with Gasteiger partial charge in [-0.2, -0.15) is 0 Å². The van der Waals surface area contributed by atoms with Crippen LogP contribution in [0.1, 0.15) is 42.5 Å². The molecule has 0 bridgehead atoms. The minimum Gasteiger partial charge on any atom is -0.465 e. The first-order valence-electron chi connectivity index (χ1n) is 13.2. The van der Waals surface area contributed by atoms with Crippen LogP contribution in [-0.4, -0.2) is 30.9 Å². The molecule has 1 aliphatic heterocycles. The lowest BCUT2D eigenvalue weighted by molar-refractivity contribution is -0.152. The SMILES string of the molecule is CCOC(=O)C1=C(N)N(c2ccc(F)cc2)C2=C(C(=O)[C@H](C(=O)OCC)[C@@H](c3cccs3)C2)[C@H]1c1ccccc1F. The van der Waals surface area contributed by atoms with Crippen molar-refractivity contribution in [2.24, 2.45) is 11.7 Å². The van der Waals surface area contributed by atoms with Gasteiger partial charge in [0.05, 0.1) is 24.7 Å². The first-order valence-corrected chi connectivity index (χ1v) is 14.1. The zero-order valence-corrected chi connectivity index (χ0v) is 23.3. The van der Waals surface area contributed by atoms with Gasteiger partial charge in [0.1, 0.15) is 23.4 Å². The second kappa shape index (κ2) is 11.7. The third kappa shape index (κ3) is 5.04. The second-order valence-corrected chi connectivity index (χ2v) is 10.5. The van der Waals surface area contributed by atoms with E-state index in [-0.39, 0.29) is 42.2 Å². The lowest BCUT2D eigenvalue weighted by Crippen LogP contribution is -2.46. The molecule has 0 saturated heterocycles. The number of thiophene rings is 1. The third-order valence-electron chi connectivity index (χ3n) is 7.28. The van der Waals surface area contributed by atoms with E-state index in [1.165, 1.54) is 58.7 Å². The van der Waals surface area contributed by atoms with Gasteiger partial charge in [0, 0.05) is 33.3 Å². The number of halogens is 2. The number of carbonyl (C=O) groups excluding carboxylic acids is 3. The number of hydrogen-bond acceptors (Lipinski definition) is 8. The minimum absolute atomic E-state index is 0.00189. The summed E-state index contributed by atoms with van der Waals surface area (Å²) in [6.07, 6.45) is 0.143. The number of hydrogen-bond donors (Lipinski definition) is 1. The van der Waals surface area contributed by atoms with Crippen LogP contribution < -0.4 is 10.6 Å². The van der Waals surface area contributed by atoms with E-state index in [0.717, 1.165) is 4.88 Å². The molecule has 2 N–H and O–H groups in total. The molecule has 5 rings (SSSR count). The molecule has 0 unspecified atom stereocenters. The molecule has 0 amide bonds. The van der Waals surface area contributed by atoms with Crippen LogP contribution >= 0.6 is 11.3 Å². The van der Waals surface area contributed by atoms with Crippen molar-refractivity contribution < 1.29 is 32.6 Å². The predicted octanol–water partition coefficient (Wildman–Crippen LogP) is 5.55. The average molecular weight is 579 g/mol. The maximum Gasteiger partial charge on any atom is 0.338 e. The molecule has 0 fully saturated rings. The number of nitrogens with zero attached hydrogens (tertiary/aromatic N) is 1. The zero-order valence-electron chi connectivity index (χ0n) is 22.4. The summed E-state index contributed by atoms with van der Waals surface area (Å²) in [5, 5.41) is 1.85. The molecule has 0 saturated carbocycles. The number of ketones is 1. The van der Waals surface area contributed by atoms with Gasteiger partial charge in [0.25, 0.3) is 0 Å². The predicted molar refractivity (Wildman–Crippen MR) is 150 cm³/mol. The Labute approximate surface area is 239 Å². The van der Waals surface area contributed by atoms with Gasteiger partial charge >= 0.3 is 11.9 Å². The fourth-order valence-electron chi connectivity index (χ4n) is 5.61. The highest BCUT2D eigenvalue weighted by molar-refractivity contribution is 7.10. The van der Waals surface area contributed by atoms with Crippen molar-refractivity contribution in [3.05, 3.63) is 111 Å². The van der Waals surface area contributed by atoms with Crippen LogP contribution in [0.5, 0.6) is 0 Å². The van der Waals surface area contributed by atoms with Crippen molar-refractivity contribution >= 4 is 34.7 Å². The van der Waals surface area contributed by atoms with Gasteiger partial charge in [-0.3, -0.25) is 14.5 Å². The summed E-state index contributed by atoms with van der Waals surface area (Å²) in [6.45, 7) is 3.33. The maximum atomic E-state index is 15.5. The molecule has 212 valence electrons. The number of Topliss-reactive ketones (excluding diaryl/α,β-unsaturated/α-hetero) is 1. The van der Waals surface area contributed by atoms with E-state index in [1.807, 2.05) is 17.5 Å². The second-order valence-electron chi connectivity index (χ2n) is 9.57. The van der Waals surface area contributed by atoms with Crippen molar-refractivity contribution in [1.29, 1.82) is 0 Å². The number of ether oxygens (including phenoxy) is 2. The van der Waals surface area contributed by atoms with Crippen LogP contribution in [-0.2, 0) is 23.9 Å². The molecular weight excluding hydrogens is 550 g/mol. The van der Waals surface area contributed by atoms with Crippen molar-refractivity contribution in [2.75, 3.05) is 18.1 Å². The summed E-state index contributed by atoms with van der Waals surface area (Å²) in [6, 6.07) is 14.9. The van der Waals surface area contributed by atoms with Gasteiger partial charge in [-0.1, -0.05) is 24.3 Å². The number of anilines is 1. The number of nitrogens with two attached hydrogens (primary N) is 1. The molecule has 2 aromatic carbocycles. The van der Waals surface area contributed by atoms with Crippen molar-refractivity contribution in [3.8, 4) is 0 Å². The first kappa shape index (κ1) is 28.2. The number of allylic oxidation sites excluding steroid dienone is 2. The summed E-state index contributed by atoms with van der Waals surface area (Å²) in [5.74, 6) is -6.46. The topological polar surface area (TPSA) is 98.9 Å². The maximum absolute atomic E-state index is 15.5. The lowest BCUT2D eigenvalue weighted by atomic mass is 9.68. The van der Waals surface area contributed by atoms with Crippen LogP contribution in [0.2, 0.25) is 0 Å². The van der Waals surface area contributed by atoms with Gasteiger partial charge < -0.3 is 15.2 Å². The van der Waals surface area contributed by atoms with E-state index in [9.17, 15) is 18.8 Å². The summed E-state index contributed by atoms with van der Waals surface area (Å²) in [7, 11) is 0. The van der Waals surface area contributed by atoms with Gasteiger partial charge in [-0.15, -0.1) is 11.3 Å².